The van der Waals surface area contributed by atoms with Crippen LogP contribution >= 0.6 is 12.2 Å². The zero-order chi connectivity index (χ0) is 13.8. The van der Waals surface area contributed by atoms with Crippen molar-refractivity contribution in [1.82, 2.24) is 9.88 Å². The maximum absolute atomic E-state index is 5.74. The summed E-state index contributed by atoms with van der Waals surface area (Å²) >= 11 is 5.07. The van der Waals surface area contributed by atoms with Crippen molar-refractivity contribution in [3.05, 3.63) is 24.0 Å². The average Bonchev–Trinajstić information content (AvgIpc) is 2.41. The molecule has 1 aliphatic rings. The highest BCUT2D eigenvalue weighted by atomic mass is 32.1. The topological polar surface area (TPSA) is 45.4 Å². The summed E-state index contributed by atoms with van der Waals surface area (Å²) in [4.78, 5) is 9.28. The predicted molar refractivity (Wildman–Crippen MR) is 83.6 cm³/mol. The van der Waals surface area contributed by atoms with Crippen LogP contribution < -0.4 is 10.6 Å². The lowest BCUT2D eigenvalue weighted by Gasteiger charge is -2.32. The average molecular weight is 278 g/mol. The van der Waals surface area contributed by atoms with Crippen LogP contribution in [-0.4, -0.2) is 48.6 Å². The van der Waals surface area contributed by atoms with Gasteiger partial charge in [-0.15, -0.1) is 0 Å². The van der Waals surface area contributed by atoms with Crippen LogP contribution in [0.2, 0.25) is 0 Å². The van der Waals surface area contributed by atoms with Gasteiger partial charge in [0.15, 0.2) is 0 Å². The van der Waals surface area contributed by atoms with E-state index in [1.165, 1.54) is 25.9 Å². The van der Waals surface area contributed by atoms with Crippen LogP contribution in [0.3, 0.4) is 0 Å². The molecule has 0 spiro atoms. The zero-order valence-electron chi connectivity index (χ0n) is 11.7. The maximum Gasteiger partial charge on any atom is 0.124 e. The van der Waals surface area contributed by atoms with Crippen molar-refractivity contribution in [2.75, 3.05) is 38.6 Å². The van der Waals surface area contributed by atoms with Crippen molar-refractivity contribution in [3.8, 4) is 0 Å². The first-order valence-electron chi connectivity index (χ1n) is 6.72. The monoisotopic (exact) mass is 278 g/mol. The molecular weight excluding hydrogens is 256 g/mol. The number of pyridine rings is 1. The Hall–Kier alpha value is -1.20. The van der Waals surface area contributed by atoms with Gasteiger partial charge < -0.3 is 15.5 Å². The number of hydrogen-bond acceptors (Lipinski definition) is 4. The van der Waals surface area contributed by atoms with Crippen LogP contribution in [0.1, 0.15) is 18.5 Å². The van der Waals surface area contributed by atoms with Crippen molar-refractivity contribution in [3.63, 3.8) is 0 Å². The Bertz CT molecular complexity index is 441. The van der Waals surface area contributed by atoms with E-state index in [4.69, 9.17) is 18.0 Å². The Kier molecular flexibility index (Phi) is 4.71. The summed E-state index contributed by atoms with van der Waals surface area (Å²) in [5, 5.41) is 0. The van der Waals surface area contributed by atoms with Crippen LogP contribution in [0, 0.1) is 5.92 Å². The third kappa shape index (κ3) is 3.64. The quantitative estimate of drug-likeness (QED) is 0.846. The largest absolute Gasteiger partial charge is 0.388 e. The highest BCUT2D eigenvalue weighted by molar-refractivity contribution is 7.80. The number of thiocarbonyl (C=S) groups is 1. The normalized spacial score (nSPS) is 17.4. The number of aromatic nitrogens is 1. The molecule has 0 saturated carbocycles. The molecule has 104 valence electrons. The molecule has 1 aromatic rings. The number of hydrogen-bond donors (Lipinski definition) is 1. The summed E-state index contributed by atoms with van der Waals surface area (Å²) in [6.07, 6.45) is 4.24. The van der Waals surface area contributed by atoms with E-state index >= 15 is 0 Å². The smallest absolute Gasteiger partial charge is 0.124 e. The SMILES string of the molecule is CN1CCC(CN(C)c2cccnc2C(N)=S)CC1. The second kappa shape index (κ2) is 6.30. The molecule has 0 atom stereocenters. The molecule has 0 unspecified atom stereocenters. The second-order valence-corrected chi connectivity index (χ2v) is 5.80. The summed E-state index contributed by atoms with van der Waals surface area (Å²) in [6, 6.07) is 3.97. The molecule has 0 aromatic carbocycles. The number of rotatable bonds is 4. The Morgan fingerprint density at radius 1 is 1.53 bits per heavy atom. The molecule has 0 aliphatic carbocycles. The molecular formula is C14H22N4S. The van der Waals surface area contributed by atoms with E-state index in [2.05, 4.69) is 28.9 Å². The van der Waals surface area contributed by atoms with Gasteiger partial charge in [-0.3, -0.25) is 4.98 Å². The molecule has 1 aromatic heterocycles. The summed E-state index contributed by atoms with van der Waals surface area (Å²) in [6.45, 7) is 3.41. The lowest BCUT2D eigenvalue weighted by Crippen LogP contribution is -2.36. The first-order valence-corrected chi connectivity index (χ1v) is 7.13. The molecule has 19 heavy (non-hydrogen) atoms. The van der Waals surface area contributed by atoms with Gasteiger partial charge in [0.25, 0.3) is 0 Å². The minimum Gasteiger partial charge on any atom is -0.388 e. The van der Waals surface area contributed by atoms with Gasteiger partial charge in [0.05, 0.1) is 5.69 Å². The lowest BCUT2D eigenvalue weighted by atomic mass is 9.96. The predicted octanol–water partition coefficient (Wildman–Crippen LogP) is 1.49. The number of likely N-dealkylation sites (tertiary alicyclic amines) is 1. The van der Waals surface area contributed by atoms with Crippen LogP contribution in [-0.2, 0) is 0 Å². The lowest BCUT2D eigenvalue weighted by molar-refractivity contribution is 0.222. The van der Waals surface area contributed by atoms with E-state index in [0.717, 1.165) is 23.8 Å². The zero-order valence-corrected chi connectivity index (χ0v) is 12.5. The van der Waals surface area contributed by atoms with Crippen molar-refractivity contribution in [1.29, 1.82) is 0 Å². The summed E-state index contributed by atoms with van der Waals surface area (Å²) < 4.78 is 0. The highest BCUT2D eigenvalue weighted by Crippen LogP contribution is 2.22. The fraction of sp³-hybridized carbons (Fsp3) is 0.571. The molecule has 0 amide bonds. The van der Waals surface area contributed by atoms with Gasteiger partial charge in [0.2, 0.25) is 0 Å². The Labute approximate surface area is 120 Å². The second-order valence-electron chi connectivity index (χ2n) is 5.36. The molecule has 1 aliphatic heterocycles. The molecule has 0 bridgehead atoms. The third-order valence-corrected chi connectivity index (χ3v) is 3.99. The first-order chi connectivity index (χ1) is 9.08. The number of piperidine rings is 1. The Morgan fingerprint density at radius 3 is 2.84 bits per heavy atom. The fourth-order valence-corrected chi connectivity index (χ4v) is 2.78. The van der Waals surface area contributed by atoms with Gasteiger partial charge >= 0.3 is 0 Å². The van der Waals surface area contributed by atoms with E-state index in [1.807, 2.05) is 12.1 Å². The van der Waals surface area contributed by atoms with E-state index in [-0.39, 0.29) is 0 Å². The van der Waals surface area contributed by atoms with Gasteiger partial charge in [0, 0.05) is 19.8 Å². The van der Waals surface area contributed by atoms with Crippen molar-refractivity contribution < 1.29 is 0 Å². The highest BCUT2D eigenvalue weighted by Gasteiger charge is 2.19. The minimum absolute atomic E-state index is 0.367. The number of anilines is 1. The fourth-order valence-electron chi connectivity index (χ4n) is 2.62. The van der Waals surface area contributed by atoms with Crippen LogP contribution in [0.4, 0.5) is 5.69 Å². The van der Waals surface area contributed by atoms with Crippen LogP contribution in [0.15, 0.2) is 18.3 Å². The van der Waals surface area contributed by atoms with Gasteiger partial charge in [-0.25, -0.2) is 0 Å². The molecule has 5 heteroatoms. The van der Waals surface area contributed by atoms with Crippen molar-refractivity contribution in [2.24, 2.45) is 11.7 Å². The minimum atomic E-state index is 0.367. The summed E-state index contributed by atoms with van der Waals surface area (Å²) in [5.41, 5.74) is 7.50. The molecule has 1 saturated heterocycles. The summed E-state index contributed by atoms with van der Waals surface area (Å²) in [7, 11) is 4.28. The molecule has 0 radical (unpaired) electrons. The van der Waals surface area contributed by atoms with Gasteiger partial charge in [-0.1, -0.05) is 12.2 Å². The van der Waals surface area contributed by atoms with E-state index in [1.54, 1.807) is 6.20 Å². The van der Waals surface area contributed by atoms with Gasteiger partial charge in [-0.05, 0) is 51.0 Å². The van der Waals surface area contributed by atoms with E-state index in [0.29, 0.717) is 4.99 Å². The van der Waals surface area contributed by atoms with Crippen molar-refractivity contribution >= 4 is 22.9 Å². The third-order valence-electron chi connectivity index (χ3n) is 3.80. The molecule has 2 rings (SSSR count). The molecule has 2 N–H and O–H groups in total. The Balaban J connectivity index is 2.03. The van der Waals surface area contributed by atoms with Gasteiger partial charge in [0.1, 0.15) is 10.7 Å². The summed E-state index contributed by atoms with van der Waals surface area (Å²) in [5.74, 6) is 0.737. The van der Waals surface area contributed by atoms with Crippen LogP contribution in [0.5, 0.6) is 0 Å². The first kappa shape index (κ1) is 14.2. The number of nitrogens with two attached hydrogens (primary N) is 1. The molecule has 1 fully saturated rings. The van der Waals surface area contributed by atoms with Crippen molar-refractivity contribution in [2.45, 2.75) is 12.8 Å². The molecule has 2 heterocycles. The van der Waals surface area contributed by atoms with Gasteiger partial charge in [-0.2, -0.15) is 0 Å². The molecule has 4 nitrogen and oxygen atoms in total. The standard InChI is InChI=1S/C14H22N4S/c1-17-8-5-11(6-9-17)10-18(2)12-4-3-7-16-13(12)14(15)19/h3-4,7,11H,5-6,8-10H2,1-2H3,(H2,15,19). The van der Waals surface area contributed by atoms with E-state index < -0.39 is 0 Å². The maximum atomic E-state index is 5.74. The van der Waals surface area contributed by atoms with E-state index in [9.17, 15) is 0 Å². The van der Waals surface area contributed by atoms with Crippen LogP contribution in [0.25, 0.3) is 0 Å². The number of nitrogens with zero attached hydrogens (tertiary/aromatic N) is 3. The Morgan fingerprint density at radius 2 is 2.21 bits per heavy atom.